The van der Waals surface area contributed by atoms with Gasteiger partial charge in [-0.15, -0.1) is 11.3 Å². The van der Waals surface area contributed by atoms with Crippen molar-refractivity contribution in [3.05, 3.63) is 16.1 Å². The summed E-state index contributed by atoms with van der Waals surface area (Å²) in [6.45, 7) is 5.05. The second-order valence-electron chi connectivity index (χ2n) is 4.69. The third-order valence-corrected chi connectivity index (χ3v) is 5.31. The van der Waals surface area contributed by atoms with Crippen molar-refractivity contribution in [3.8, 4) is 0 Å². The van der Waals surface area contributed by atoms with Crippen molar-refractivity contribution in [1.29, 1.82) is 0 Å². The Balaban J connectivity index is 2.54. The molecule has 18 heavy (non-hydrogen) atoms. The lowest BCUT2D eigenvalue weighted by atomic mass is 10.3. The van der Waals surface area contributed by atoms with E-state index >= 15 is 0 Å². The van der Waals surface area contributed by atoms with E-state index in [9.17, 15) is 13.2 Å². The average Bonchev–Trinajstić information content (AvgIpc) is 2.64. The largest absolute Gasteiger partial charge is 0.476 e. The Labute approximate surface area is 110 Å². The van der Waals surface area contributed by atoms with Crippen molar-refractivity contribution in [3.63, 3.8) is 0 Å². The quantitative estimate of drug-likeness (QED) is 0.847. The van der Waals surface area contributed by atoms with Gasteiger partial charge in [0.05, 0.1) is 9.75 Å². The minimum absolute atomic E-state index is 0.00585. The molecule has 8 heteroatoms. The number of aromatic carboxylic acids is 1. The van der Waals surface area contributed by atoms with Gasteiger partial charge >= 0.3 is 5.97 Å². The summed E-state index contributed by atoms with van der Waals surface area (Å²) in [4.78, 5) is 14.5. The van der Waals surface area contributed by atoms with Crippen LogP contribution in [0.5, 0.6) is 0 Å². The Morgan fingerprint density at radius 2 is 2.11 bits per heavy atom. The standard InChI is InChI=1S/C10H16N2O4S2/c1-10(2,3)18(15,16)11-5-4-8-12-7(6-17-8)9(13)14/h6,11H,4-5H2,1-3H3,(H,13,14). The van der Waals surface area contributed by atoms with Crippen LogP contribution in [0.3, 0.4) is 0 Å². The molecule has 0 saturated heterocycles. The summed E-state index contributed by atoms with van der Waals surface area (Å²) in [5.74, 6) is -1.08. The number of thiazole rings is 1. The predicted molar refractivity (Wildman–Crippen MR) is 69.5 cm³/mol. The third-order valence-electron chi connectivity index (χ3n) is 2.21. The summed E-state index contributed by atoms with van der Waals surface area (Å²) in [5.41, 5.74) is -0.00585. The number of carboxylic acid groups (broad SMARTS) is 1. The fourth-order valence-corrected chi connectivity index (χ4v) is 2.61. The third kappa shape index (κ3) is 3.76. The van der Waals surface area contributed by atoms with Crippen molar-refractivity contribution >= 4 is 27.3 Å². The molecule has 1 aromatic rings. The molecule has 0 unspecified atom stereocenters. The van der Waals surface area contributed by atoms with Crippen molar-refractivity contribution < 1.29 is 18.3 Å². The van der Waals surface area contributed by atoms with Gasteiger partial charge in [-0.2, -0.15) is 0 Å². The van der Waals surface area contributed by atoms with Gasteiger partial charge in [0, 0.05) is 18.3 Å². The van der Waals surface area contributed by atoms with Crippen LogP contribution in [0, 0.1) is 0 Å². The molecule has 0 aliphatic carbocycles. The van der Waals surface area contributed by atoms with Crippen molar-refractivity contribution in [2.45, 2.75) is 31.9 Å². The highest BCUT2D eigenvalue weighted by Gasteiger charge is 2.28. The highest BCUT2D eigenvalue weighted by Crippen LogP contribution is 2.14. The lowest BCUT2D eigenvalue weighted by Gasteiger charge is -2.19. The van der Waals surface area contributed by atoms with Crippen molar-refractivity contribution in [1.82, 2.24) is 9.71 Å². The molecule has 0 bridgehead atoms. The van der Waals surface area contributed by atoms with E-state index in [4.69, 9.17) is 5.11 Å². The highest BCUT2D eigenvalue weighted by atomic mass is 32.2. The van der Waals surface area contributed by atoms with Crippen LogP contribution in [0.2, 0.25) is 0 Å². The van der Waals surface area contributed by atoms with Gasteiger partial charge in [0.1, 0.15) is 0 Å². The monoisotopic (exact) mass is 292 g/mol. The van der Waals surface area contributed by atoms with Gasteiger partial charge in [0.25, 0.3) is 0 Å². The fraction of sp³-hybridized carbons (Fsp3) is 0.600. The van der Waals surface area contributed by atoms with E-state index in [0.29, 0.717) is 11.4 Å². The highest BCUT2D eigenvalue weighted by molar-refractivity contribution is 7.90. The molecule has 0 fully saturated rings. The molecule has 0 aliphatic rings. The molecular formula is C10H16N2O4S2. The molecule has 0 saturated carbocycles. The smallest absolute Gasteiger partial charge is 0.355 e. The molecule has 0 radical (unpaired) electrons. The van der Waals surface area contributed by atoms with E-state index in [0.717, 1.165) is 0 Å². The second-order valence-corrected chi connectivity index (χ2v) is 8.15. The minimum Gasteiger partial charge on any atom is -0.476 e. The molecular weight excluding hydrogens is 276 g/mol. The van der Waals surface area contributed by atoms with E-state index in [-0.39, 0.29) is 12.2 Å². The number of carbonyl (C=O) groups is 1. The first-order valence-electron chi connectivity index (χ1n) is 5.30. The van der Waals surface area contributed by atoms with Crippen molar-refractivity contribution in [2.24, 2.45) is 0 Å². The maximum atomic E-state index is 11.7. The Morgan fingerprint density at radius 1 is 1.50 bits per heavy atom. The summed E-state index contributed by atoms with van der Waals surface area (Å²) in [5, 5.41) is 10.7. The van der Waals surface area contributed by atoms with E-state index in [1.54, 1.807) is 20.8 Å². The van der Waals surface area contributed by atoms with E-state index < -0.39 is 20.7 Å². The Bertz CT molecular complexity index is 528. The van der Waals surface area contributed by atoms with Crippen LogP contribution in [0.15, 0.2) is 5.38 Å². The minimum atomic E-state index is -3.37. The SMILES string of the molecule is CC(C)(C)S(=O)(=O)NCCc1nc(C(=O)O)cs1. The van der Waals surface area contributed by atoms with Crippen LogP contribution in [-0.2, 0) is 16.4 Å². The second kappa shape index (κ2) is 5.33. The first-order chi connectivity index (χ1) is 8.13. The zero-order valence-electron chi connectivity index (χ0n) is 10.4. The van der Waals surface area contributed by atoms with Crippen LogP contribution >= 0.6 is 11.3 Å². The fourth-order valence-electron chi connectivity index (χ4n) is 1.03. The molecule has 1 rings (SSSR count). The van der Waals surface area contributed by atoms with Gasteiger partial charge in [0.2, 0.25) is 10.0 Å². The average molecular weight is 292 g/mol. The first-order valence-corrected chi connectivity index (χ1v) is 7.66. The zero-order chi connectivity index (χ0) is 14.0. The summed E-state index contributed by atoms with van der Waals surface area (Å²) < 4.78 is 25.1. The molecule has 1 aromatic heterocycles. The number of hydrogen-bond donors (Lipinski definition) is 2. The molecule has 0 aromatic carbocycles. The van der Waals surface area contributed by atoms with Crippen LogP contribution in [0.4, 0.5) is 0 Å². The number of nitrogens with zero attached hydrogens (tertiary/aromatic N) is 1. The number of carboxylic acids is 1. The van der Waals surface area contributed by atoms with E-state index in [1.165, 1.54) is 16.7 Å². The molecule has 0 aliphatic heterocycles. The molecule has 0 spiro atoms. The lowest BCUT2D eigenvalue weighted by molar-refractivity contribution is 0.0691. The molecule has 6 nitrogen and oxygen atoms in total. The first kappa shape index (κ1) is 15.1. The molecule has 102 valence electrons. The topological polar surface area (TPSA) is 96.4 Å². The summed E-state index contributed by atoms with van der Waals surface area (Å²) in [7, 11) is -3.37. The van der Waals surface area contributed by atoms with Crippen molar-refractivity contribution in [2.75, 3.05) is 6.54 Å². The lowest BCUT2D eigenvalue weighted by Crippen LogP contribution is -2.40. The van der Waals surface area contributed by atoms with E-state index in [2.05, 4.69) is 9.71 Å². The predicted octanol–water partition coefficient (Wildman–Crippen LogP) is 1.10. The molecule has 1 heterocycles. The number of sulfonamides is 1. The van der Waals surface area contributed by atoms with Gasteiger partial charge < -0.3 is 5.11 Å². The van der Waals surface area contributed by atoms with Crippen LogP contribution in [0.1, 0.15) is 36.3 Å². The Morgan fingerprint density at radius 3 is 2.56 bits per heavy atom. The molecule has 0 atom stereocenters. The summed E-state index contributed by atoms with van der Waals surface area (Å²) in [6.07, 6.45) is 0.382. The van der Waals surface area contributed by atoms with Gasteiger partial charge in [0.15, 0.2) is 5.69 Å². The van der Waals surface area contributed by atoms with Crippen LogP contribution in [0.25, 0.3) is 0 Å². The normalized spacial score (nSPS) is 12.6. The van der Waals surface area contributed by atoms with Crippen LogP contribution in [-0.4, -0.2) is 35.8 Å². The number of nitrogens with one attached hydrogen (secondary N) is 1. The Hall–Kier alpha value is -0.990. The zero-order valence-corrected chi connectivity index (χ0v) is 12.1. The Kier molecular flexibility index (Phi) is 4.46. The summed E-state index contributed by atoms with van der Waals surface area (Å²) >= 11 is 1.21. The van der Waals surface area contributed by atoms with Crippen LogP contribution < -0.4 is 4.72 Å². The van der Waals surface area contributed by atoms with Gasteiger partial charge in [-0.1, -0.05) is 0 Å². The number of aromatic nitrogens is 1. The number of hydrogen-bond acceptors (Lipinski definition) is 5. The van der Waals surface area contributed by atoms with Gasteiger partial charge in [-0.05, 0) is 20.8 Å². The maximum absolute atomic E-state index is 11.7. The van der Waals surface area contributed by atoms with Gasteiger partial charge in [-0.25, -0.2) is 22.9 Å². The summed E-state index contributed by atoms with van der Waals surface area (Å²) in [6, 6.07) is 0. The maximum Gasteiger partial charge on any atom is 0.355 e. The van der Waals surface area contributed by atoms with Gasteiger partial charge in [-0.3, -0.25) is 0 Å². The molecule has 2 N–H and O–H groups in total. The number of rotatable bonds is 5. The molecule has 0 amide bonds. The van der Waals surface area contributed by atoms with E-state index in [1.807, 2.05) is 0 Å².